The van der Waals surface area contributed by atoms with Gasteiger partial charge >= 0.3 is 5.97 Å². The monoisotopic (exact) mass is 817 g/mol. The van der Waals surface area contributed by atoms with Crippen LogP contribution in [0.4, 0.5) is 10.1 Å². The molecule has 0 unspecified atom stereocenters. The van der Waals surface area contributed by atoms with Gasteiger partial charge in [-0.1, -0.05) is 31.6 Å². The summed E-state index contributed by atoms with van der Waals surface area (Å²) in [6.45, 7) is 15.0. The molecule has 1 saturated carbocycles. The SMILES string of the molecule is C=C(CN1CCCCC1)C(=O)N1CC(S(=O)(=O)c2ccc(N3CC(CN4CCC([C@@](CN5CCC5)(c5cccc(F)c5)[C@H]5CCC[C@@H]5CC(=O)OC)CC4)C3)cc2)C1. The first-order valence-electron chi connectivity index (χ1n) is 22.1. The van der Waals surface area contributed by atoms with Crippen molar-refractivity contribution < 1.29 is 27.1 Å². The van der Waals surface area contributed by atoms with E-state index < -0.39 is 15.1 Å². The maximum Gasteiger partial charge on any atom is 0.305 e. The van der Waals surface area contributed by atoms with Gasteiger partial charge < -0.3 is 24.3 Å². The molecule has 2 aromatic carbocycles. The Morgan fingerprint density at radius 2 is 1.53 bits per heavy atom. The Morgan fingerprint density at radius 3 is 2.19 bits per heavy atom. The second-order valence-corrected chi connectivity index (χ2v) is 20.6. The Kier molecular flexibility index (Phi) is 12.7. The van der Waals surface area contributed by atoms with Crippen LogP contribution in [0.5, 0.6) is 0 Å². The van der Waals surface area contributed by atoms with Crippen LogP contribution >= 0.6 is 0 Å². The molecule has 5 heterocycles. The molecular weight excluding hydrogens is 754 g/mol. The van der Waals surface area contributed by atoms with Gasteiger partial charge in [-0.2, -0.15) is 0 Å². The third-order valence-corrected chi connectivity index (χ3v) is 16.9. The fourth-order valence-corrected chi connectivity index (χ4v) is 13.1. The average Bonchev–Trinajstić information content (AvgIpc) is 3.64. The molecule has 8 rings (SSSR count). The van der Waals surface area contributed by atoms with Crippen LogP contribution in [0.25, 0.3) is 0 Å². The highest BCUT2D eigenvalue weighted by Crippen LogP contribution is 2.54. The quantitative estimate of drug-likeness (QED) is 0.168. The number of hydrogen-bond acceptors (Lipinski definition) is 9. The number of likely N-dealkylation sites (tertiary alicyclic amines) is 4. The number of benzene rings is 2. The first-order valence-corrected chi connectivity index (χ1v) is 23.6. The van der Waals surface area contributed by atoms with E-state index >= 15 is 4.39 Å². The fourth-order valence-electron chi connectivity index (χ4n) is 11.4. The van der Waals surface area contributed by atoms with E-state index in [0.29, 0.717) is 41.2 Å². The topological polar surface area (TPSA) is 93.7 Å². The maximum absolute atomic E-state index is 15.0. The predicted molar refractivity (Wildman–Crippen MR) is 225 cm³/mol. The summed E-state index contributed by atoms with van der Waals surface area (Å²) in [5.74, 6) is 1.03. The summed E-state index contributed by atoms with van der Waals surface area (Å²) >= 11 is 0. The normalized spacial score (nSPS) is 25.4. The molecule has 0 N–H and O–H groups in total. The van der Waals surface area contributed by atoms with E-state index in [-0.39, 0.29) is 42.1 Å². The molecule has 5 saturated heterocycles. The van der Waals surface area contributed by atoms with Crippen molar-refractivity contribution in [1.29, 1.82) is 0 Å². The Hall–Kier alpha value is -3.32. The van der Waals surface area contributed by atoms with Crippen molar-refractivity contribution in [2.45, 2.75) is 79.8 Å². The smallest absolute Gasteiger partial charge is 0.305 e. The summed E-state index contributed by atoms with van der Waals surface area (Å²) < 4.78 is 47.2. The number of hydrogen-bond donors (Lipinski definition) is 0. The molecular formula is C46H64FN5O5S. The van der Waals surface area contributed by atoms with Gasteiger partial charge in [0.2, 0.25) is 0 Å². The van der Waals surface area contributed by atoms with Crippen molar-refractivity contribution in [3.63, 3.8) is 0 Å². The minimum absolute atomic E-state index is 0.127. The van der Waals surface area contributed by atoms with Crippen LogP contribution in [0, 0.1) is 29.5 Å². The predicted octanol–water partition coefficient (Wildman–Crippen LogP) is 5.62. The van der Waals surface area contributed by atoms with Crippen molar-refractivity contribution in [1.82, 2.24) is 19.6 Å². The Labute approximate surface area is 345 Å². The van der Waals surface area contributed by atoms with Crippen LogP contribution < -0.4 is 4.90 Å². The number of ether oxygens (including phenoxy) is 1. The molecule has 5 aliphatic heterocycles. The van der Waals surface area contributed by atoms with Crippen molar-refractivity contribution in [2.24, 2.45) is 23.7 Å². The lowest BCUT2D eigenvalue weighted by molar-refractivity contribution is -0.142. The number of rotatable bonds is 15. The first kappa shape index (κ1) is 41.4. The molecule has 316 valence electrons. The van der Waals surface area contributed by atoms with Gasteiger partial charge in [-0.15, -0.1) is 0 Å². The van der Waals surface area contributed by atoms with E-state index in [0.717, 1.165) is 122 Å². The molecule has 0 bridgehead atoms. The molecule has 0 spiro atoms. The Morgan fingerprint density at radius 1 is 0.828 bits per heavy atom. The standard InChI is InChI=1S/C46H64FN5O5S/c1-34(27-48-19-4-3-5-20-48)45(54)52-31-42(32-52)58(55,56)41-15-13-40(14-16-41)51-29-35(30-51)28-49-23-17-37(18-24-49)46(33-50-21-8-22-50,38-10-7-11-39(47)26-38)43-12-6-9-36(43)25-44(53)57-2/h7,10-11,13-16,26,35-37,42-43H,1,3-6,8-9,12,17-25,27-33H2,2H3/t36-,43+,46+/m1/s1. The largest absolute Gasteiger partial charge is 0.469 e. The van der Waals surface area contributed by atoms with E-state index in [1.54, 1.807) is 29.2 Å². The number of sulfone groups is 1. The molecule has 10 nitrogen and oxygen atoms in total. The van der Waals surface area contributed by atoms with E-state index in [2.05, 4.69) is 32.2 Å². The number of carbonyl (C=O) groups excluding carboxylic acids is 2. The van der Waals surface area contributed by atoms with Crippen molar-refractivity contribution >= 4 is 27.4 Å². The minimum Gasteiger partial charge on any atom is -0.469 e. The number of amides is 1. The van der Waals surface area contributed by atoms with Gasteiger partial charge in [0.1, 0.15) is 11.1 Å². The number of esters is 1. The number of piperidine rings is 2. The third kappa shape index (κ3) is 8.63. The summed E-state index contributed by atoms with van der Waals surface area (Å²) in [4.78, 5) is 37.3. The van der Waals surface area contributed by atoms with Crippen LogP contribution in [0.15, 0.2) is 65.6 Å². The van der Waals surface area contributed by atoms with Crippen LogP contribution in [0.1, 0.15) is 69.8 Å². The molecule has 3 atom stereocenters. The molecule has 58 heavy (non-hydrogen) atoms. The number of carbonyl (C=O) groups is 2. The van der Waals surface area contributed by atoms with Gasteiger partial charge in [0.05, 0.1) is 12.0 Å². The second-order valence-electron chi connectivity index (χ2n) is 18.4. The molecule has 2 aromatic rings. The number of methoxy groups -OCH3 is 1. The van der Waals surface area contributed by atoms with Gasteiger partial charge in [0.15, 0.2) is 9.84 Å². The van der Waals surface area contributed by atoms with E-state index in [4.69, 9.17) is 4.74 Å². The van der Waals surface area contributed by atoms with Crippen molar-refractivity contribution in [2.75, 3.05) is 97.1 Å². The maximum atomic E-state index is 15.0. The summed E-state index contributed by atoms with van der Waals surface area (Å²) in [6, 6.07) is 14.7. The highest BCUT2D eigenvalue weighted by Gasteiger charge is 2.53. The summed E-state index contributed by atoms with van der Waals surface area (Å²) in [5, 5.41) is -0.586. The number of halogens is 1. The van der Waals surface area contributed by atoms with Crippen molar-refractivity contribution in [3.8, 4) is 0 Å². The van der Waals surface area contributed by atoms with Gasteiger partial charge in [0.25, 0.3) is 5.91 Å². The summed E-state index contributed by atoms with van der Waals surface area (Å²) in [6.07, 6.45) is 10.4. The molecule has 1 aliphatic carbocycles. The lowest BCUT2D eigenvalue weighted by atomic mass is 9.56. The fraction of sp³-hybridized carbons (Fsp3) is 0.652. The highest BCUT2D eigenvalue weighted by atomic mass is 32.2. The van der Waals surface area contributed by atoms with Crippen molar-refractivity contribution in [3.05, 3.63) is 72.1 Å². The summed E-state index contributed by atoms with van der Waals surface area (Å²) in [5.41, 5.74) is 2.49. The first-order chi connectivity index (χ1) is 28.0. The number of nitrogens with zero attached hydrogens (tertiary/aromatic N) is 5. The molecule has 6 aliphatic rings. The molecule has 0 aromatic heterocycles. The van der Waals surface area contributed by atoms with Crippen LogP contribution in [-0.4, -0.2) is 137 Å². The van der Waals surface area contributed by atoms with E-state index in [9.17, 15) is 18.0 Å². The van der Waals surface area contributed by atoms with Crippen LogP contribution in [-0.2, 0) is 29.6 Å². The molecule has 12 heteroatoms. The Bertz CT molecular complexity index is 1880. The number of anilines is 1. The van der Waals surface area contributed by atoms with Crippen LogP contribution in [0.2, 0.25) is 0 Å². The highest BCUT2D eigenvalue weighted by molar-refractivity contribution is 7.92. The van der Waals surface area contributed by atoms with Gasteiger partial charge in [-0.25, -0.2) is 12.8 Å². The van der Waals surface area contributed by atoms with E-state index in [1.807, 2.05) is 18.2 Å². The van der Waals surface area contributed by atoms with E-state index in [1.165, 1.54) is 20.0 Å². The van der Waals surface area contributed by atoms with Gasteiger partial charge in [-0.3, -0.25) is 14.5 Å². The van der Waals surface area contributed by atoms with Gasteiger partial charge in [0, 0.05) is 74.8 Å². The third-order valence-electron chi connectivity index (χ3n) is 14.8. The summed E-state index contributed by atoms with van der Waals surface area (Å²) in [7, 11) is -2.06. The Balaban J connectivity index is 0.846. The lowest BCUT2D eigenvalue weighted by Gasteiger charge is -2.54. The average molecular weight is 818 g/mol. The molecule has 6 fully saturated rings. The zero-order valence-corrected chi connectivity index (χ0v) is 35.4. The minimum atomic E-state index is -3.54. The second kappa shape index (κ2) is 17.7. The van der Waals surface area contributed by atoms with Gasteiger partial charge in [-0.05, 0) is 144 Å². The zero-order valence-electron chi connectivity index (χ0n) is 34.5. The lowest BCUT2D eigenvalue weighted by Crippen LogP contribution is -2.58. The molecule has 1 amide bonds. The zero-order chi connectivity index (χ0) is 40.4. The van der Waals surface area contributed by atoms with Crippen LogP contribution in [0.3, 0.4) is 0 Å². The molecule has 0 radical (unpaired) electrons.